The number of thiophene rings is 1. The highest BCUT2D eigenvalue weighted by Gasteiger charge is 2.36. The van der Waals surface area contributed by atoms with Crippen molar-refractivity contribution >= 4 is 17.2 Å². The molecule has 23 heavy (non-hydrogen) atoms. The Morgan fingerprint density at radius 2 is 2.22 bits per heavy atom. The van der Waals surface area contributed by atoms with Gasteiger partial charge in [0.05, 0.1) is 24.3 Å². The Morgan fingerprint density at radius 3 is 2.96 bits per heavy atom. The molecular weight excluding hydrogens is 310 g/mol. The fourth-order valence-corrected chi connectivity index (χ4v) is 4.03. The predicted octanol–water partition coefficient (Wildman–Crippen LogP) is 2.93. The van der Waals surface area contributed by atoms with Crippen LogP contribution in [0.15, 0.2) is 35.0 Å². The lowest BCUT2D eigenvalue weighted by molar-refractivity contribution is 0.0235. The summed E-state index contributed by atoms with van der Waals surface area (Å²) in [7, 11) is 0. The smallest absolute Gasteiger partial charge is 0.252 e. The molecule has 2 heterocycles. The quantitative estimate of drug-likeness (QED) is 0.907. The molecule has 120 valence electrons. The van der Waals surface area contributed by atoms with Crippen LogP contribution in [0.2, 0.25) is 0 Å². The minimum absolute atomic E-state index is 0.0469. The maximum atomic E-state index is 12.5. The molecule has 2 N–H and O–H groups in total. The van der Waals surface area contributed by atoms with Gasteiger partial charge >= 0.3 is 0 Å². The van der Waals surface area contributed by atoms with Crippen molar-refractivity contribution < 1.29 is 14.6 Å². The maximum Gasteiger partial charge on any atom is 0.252 e. The third-order valence-corrected chi connectivity index (χ3v) is 5.45. The van der Waals surface area contributed by atoms with E-state index in [1.165, 1.54) is 16.9 Å². The lowest BCUT2D eigenvalue weighted by Crippen LogP contribution is -2.41. The molecule has 1 aromatic heterocycles. The van der Waals surface area contributed by atoms with Gasteiger partial charge in [0.15, 0.2) is 0 Å². The van der Waals surface area contributed by atoms with Gasteiger partial charge < -0.3 is 15.2 Å². The second-order valence-electron chi connectivity index (χ2n) is 6.31. The third-order valence-electron chi connectivity index (χ3n) is 4.76. The van der Waals surface area contributed by atoms with Gasteiger partial charge in [-0.05, 0) is 53.5 Å². The number of fused-ring (bicyclic) bond motifs is 1. The second-order valence-corrected chi connectivity index (χ2v) is 7.09. The Morgan fingerprint density at radius 1 is 1.35 bits per heavy atom. The Kier molecular flexibility index (Phi) is 3.83. The van der Waals surface area contributed by atoms with Crippen LogP contribution < -0.4 is 10.1 Å². The van der Waals surface area contributed by atoms with Gasteiger partial charge in [0.1, 0.15) is 5.75 Å². The molecule has 0 bridgehead atoms. The van der Waals surface area contributed by atoms with Gasteiger partial charge in [0.2, 0.25) is 0 Å². The van der Waals surface area contributed by atoms with E-state index in [0.717, 1.165) is 37.2 Å². The van der Waals surface area contributed by atoms with E-state index in [4.69, 9.17) is 4.74 Å². The number of nitrogens with one attached hydrogen (secondary N) is 1. The summed E-state index contributed by atoms with van der Waals surface area (Å²) in [6.07, 6.45) is 2.16. The molecule has 1 aliphatic heterocycles. The highest BCUT2D eigenvalue weighted by atomic mass is 32.1. The van der Waals surface area contributed by atoms with E-state index in [9.17, 15) is 9.90 Å². The molecular formula is C18H19NO3S. The SMILES string of the molecule is O=C(NC(c1ccc2c(c1)CCO2)C1CC(O)C1)c1ccsc1. The van der Waals surface area contributed by atoms with Gasteiger partial charge in [-0.15, -0.1) is 0 Å². The van der Waals surface area contributed by atoms with Gasteiger partial charge in [0.25, 0.3) is 5.91 Å². The highest BCUT2D eigenvalue weighted by molar-refractivity contribution is 7.08. The lowest BCUT2D eigenvalue weighted by atomic mass is 9.74. The first-order valence-electron chi connectivity index (χ1n) is 7.97. The average Bonchev–Trinajstić information content (AvgIpc) is 3.19. The van der Waals surface area contributed by atoms with Crippen LogP contribution in [0.1, 0.15) is 40.4 Å². The lowest BCUT2D eigenvalue weighted by Gasteiger charge is -2.38. The summed E-state index contributed by atoms with van der Waals surface area (Å²) >= 11 is 1.52. The summed E-state index contributed by atoms with van der Waals surface area (Å²) in [4.78, 5) is 12.5. The van der Waals surface area contributed by atoms with E-state index in [2.05, 4.69) is 11.4 Å². The number of aliphatic hydroxyl groups excluding tert-OH is 1. The summed E-state index contributed by atoms with van der Waals surface area (Å²) in [5.41, 5.74) is 3.01. The molecule has 1 amide bonds. The van der Waals surface area contributed by atoms with Gasteiger partial charge in [0, 0.05) is 11.8 Å². The van der Waals surface area contributed by atoms with Crippen LogP contribution in [0.4, 0.5) is 0 Å². The minimum Gasteiger partial charge on any atom is -0.493 e. The Balaban J connectivity index is 1.59. The molecule has 2 aromatic rings. The van der Waals surface area contributed by atoms with E-state index in [1.54, 1.807) is 0 Å². The van der Waals surface area contributed by atoms with Crippen LogP contribution in [0, 0.1) is 5.92 Å². The van der Waals surface area contributed by atoms with E-state index in [-0.39, 0.29) is 24.0 Å². The van der Waals surface area contributed by atoms with Crippen LogP contribution in [-0.2, 0) is 6.42 Å². The molecule has 1 unspecified atom stereocenters. The molecule has 2 aliphatic rings. The molecule has 4 rings (SSSR count). The Hall–Kier alpha value is -1.85. The number of carbonyl (C=O) groups excluding carboxylic acids is 1. The Bertz CT molecular complexity index is 707. The van der Waals surface area contributed by atoms with Crippen molar-refractivity contribution in [3.8, 4) is 5.75 Å². The summed E-state index contributed by atoms with van der Waals surface area (Å²) in [5, 5.41) is 16.6. The molecule has 4 nitrogen and oxygen atoms in total. The topological polar surface area (TPSA) is 58.6 Å². The molecule has 5 heteroatoms. The first-order valence-corrected chi connectivity index (χ1v) is 8.92. The molecule has 1 aromatic carbocycles. The average molecular weight is 329 g/mol. The van der Waals surface area contributed by atoms with Crippen molar-refractivity contribution in [3.63, 3.8) is 0 Å². The Labute approximate surface area is 139 Å². The van der Waals surface area contributed by atoms with Gasteiger partial charge in [-0.25, -0.2) is 0 Å². The van der Waals surface area contributed by atoms with E-state index >= 15 is 0 Å². The van der Waals surface area contributed by atoms with Crippen molar-refractivity contribution in [1.29, 1.82) is 0 Å². The first-order chi connectivity index (χ1) is 11.2. The number of hydrogen-bond donors (Lipinski definition) is 2. The molecule has 0 radical (unpaired) electrons. The molecule has 1 aliphatic carbocycles. The zero-order valence-electron chi connectivity index (χ0n) is 12.7. The van der Waals surface area contributed by atoms with E-state index < -0.39 is 0 Å². The van der Waals surface area contributed by atoms with Crippen molar-refractivity contribution in [3.05, 3.63) is 51.7 Å². The van der Waals surface area contributed by atoms with Crippen molar-refractivity contribution in [1.82, 2.24) is 5.32 Å². The van der Waals surface area contributed by atoms with E-state index in [0.29, 0.717) is 5.56 Å². The standard InChI is InChI=1S/C18H19NO3S/c20-15-8-14(9-15)17(19-18(21)13-4-6-23-10-13)12-1-2-16-11(7-12)3-5-22-16/h1-2,4,6-7,10,14-15,17,20H,3,5,8-9H2,(H,19,21). The largest absolute Gasteiger partial charge is 0.493 e. The van der Waals surface area contributed by atoms with Crippen molar-refractivity contribution in [2.75, 3.05) is 6.61 Å². The minimum atomic E-state index is -0.238. The monoisotopic (exact) mass is 329 g/mol. The fraction of sp³-hybridized carbons (Fsp3) is 0.389. The maximum absolute atomic E-state index is 12.5. The summed E-state index contributed by atoms with van der Waals surface area (Å²) in [5.74, 6) is 1.19. The number of benzene rings is 1. The molecule has 0 spiro atoms. The zero-order chi connectivity index (χ0) is 15.8. The van der Waals surface area contributed by atoms with Crippen molar-refractivity contribution in [2.45, 2.75) is 31.4 Å². The molecule has 1 fully saturated rings. The highest BCUT2D eigenvalue weighted by Crippen LogP contribution is 2.40. The summed E-state index contributed by atoms with van der Waals surface area (Å²) in [6.45, 7) is 0.729. The number of rotatable bonds is 4. The predicted molar refractivity (Wildman–Crippen MR) is 88.9 cm³/mol. The number of hydrogen-bond acceptors (Lipinski definition) is 4. The number of amides is 1. The van der Waals surface area contributed by atoms with Crippen LogP contribution in [0.5, 0.6) is 5.75 Å². The van der Waals surface area contributed by atoms with Gasteiger partial charge in [-0.1, -0.05) is 6.07 Å². The van der Waals surface area contributed by atoms with Crippen molar-refractivity contribution in [2.24, 2.45) is 5.92 Å². The van der Waals surface area contributed by atoms with Crippen LogP contribution in [-0.4, -0.2) is 23.7 Å². The number of ether oxygens (including phenoxy) is 1. The number of aliphatic hydroxyl groups is 1. The first kappa shape index (κ1) is 14.7. The molecule has 1 atom stereocenters. The molecule has 1 saturated carbocycles. The fourth-order valence-electron chi connectivity index (χ4n) is 3.39. The zero-order valence-corrected chi connectivity index (χ0v) is 13.5. The third kappa shape index (κ3) is 2.86. The number of carbonyl (C=O) groups is 1. The van der Waals surface area contributed by atoms with Gasteiger partial charge in [-0.3, -0.25) is 4.79 Å². The van der Waals surface area contributed by atoms with Crippen LogP contribution in [0.3, 0.4) is 0 Å². The molecule has 0 saturated heterocycles. The summed E-state index contributed by atoms with van der Waals surface area (Å²) < 4.78 is 5.57. The van der Waals surface area contributed by atoms with Gasteiger partial charge in [-0.2, -0.15) is 11.3 Å². The second kappa shape index (κ2) is 5.98. The summed E-state index contributed by atoms with van der Waals surface area (Å²) in [6, 6.07) is 7.95. The van der Waals surface area contributed by atoms with E-state index in [1.807, 2.05) is 29.0 Å². The van der Waals surface area contributed by atoms with Crippen LogP contribution >= 0.6 is 11.3 Å². The normalized spacial score (nSPS) is 23.5. The van der Waals surface area contributed by atoms with Crippen LogP contribution in [0.25, 0.3) is 0 Å².